The molecule has 2 aromatic carbocycles. The Balaban J connectivity index is 1.96. The molecular formula is C17H18N2O3S. The second kappa shape index (κ2) is 5.38. The summed E-state index contributed by atoms with van der Waals surface area (Å²) in [6.07, 6.45) is 0.370. The van der Waals surface area contributed by atoms with Gasteiger partial charge in [-0.2, -0.15) is 0 Å². The van der Waals surface area contributed by atoms with Gasteiger partial charge in [-0.05, 0) is 35.9 Å². The van der Waals surface area contributed by atoms with Crippen molar-refractivity contribution >= 4 is 27.3 Å². The molecule has 0 radical (unpaired) electrons. The van der Waals surface area contributed by atoms with Crippen molar-refractivity contribution in [3.63, 3.8) is 0 Å². The van der Waals surface area contributed by atoms with Gasteiger partial charge in [-0.25, -0.2) is 8.42 Å². The summed E-state index contributed by atoms with van der Waals surface area (Å²) >= 11 is 0. The maximum atomic E-state index is 12.4. The van der Waals surface area contributed by atoms with Gasteiger partial charge in [0.25, 0.3) is 10.0 Å². The van der Waals surface area contributed by atoms with Gasteiger partial charge >= 0.3 is 0 Å². The molecule has 0 saturated carbocycles. The summed E-state index contributed by atoms with van der Waals surface area (Å²) in [5, 5.41) is 2.82. The van der Waals surface area contributed by atoms with Crippen LogP contribution in [-0.4, -0.2) is 14.3 Å². The molecule has 5 nitrogen and oxygen atoms in total. The molecule has 1 amide bonds. The van der Waals surface area contributed by atoms with Crippen LogP contribution in [0.25, 0.3) is 0 Å². The molecule has 120 valence electrons. The Morgan fingerprint density at radius 1 is 1.09 bits per heavy atom. The number of benzene rings is 2. The van der Waals surface area contributed by atoms with Crippen LogP contribution in [0.2, 0.25) is 0 Å². The van der Waals surface area contributed by atoms with E-state index >= 15 is 0 Å². The molecule has 0 aliphatic carbocycles. The summed E-state index contributed by atoms with van der Waals surface area (Å²) in [4.78, 5) is 11.9. The lowest BCUT2D eigenvalue weighted by Crippen LogP contribution is -2.32. The third kappa shape index (κ3) is 3.07. The van der Waals surface area contributed by atoms with Crippen LogP contribution < -0.4 is 10.0 Å². The number of carbonyl (C=O) groups is 1. The van der Waals surface area contributed by atoms with Gasteiger partial charge < -0.3 is 5.32 Å². The lowest BCUT2D eigenvalue weighted by atomic mass is 9.78. The maximum Gasteiger partial charge on any atom is 0.261 e. The number of hydrogen-bond acceptors (Lipinski definition) is 3. The Kier molecular flexibility index (Phi) is 3.64. The minimum Gasteiger partial charge on any atom is -0.326 e. The van der Waals surface area contributed by atoms with Crippen molar-refractivity contribution in [2.24, 2.45) is 0 Å². The van der Waals surface area contributed by atoms with Crippen LogP contribution in [0.3, 0.4) is 0 Å². The molecule has 0 fully saturated rings. The Morgan fingerprint density at radius 3 is 2.48 bits per heavy atom. The third-order valence-electron chi connectivity index (χ3n) is 3.93. The lowest BCUT2D eigenvalue weighted by Gasteiger charge is -2.32. The number of sulfonamides is 1. The lowest BCUT2D eigenvalue weighted by molar-refractivity contribution is -0.117. The van der Waals surface area contributed by atoms with Gasteiger partial charge in [0.1, 0.15) is 0 Å². The minimum absolute atomic E-state index is 0.0277. The Bertz CT molecular complexity index is 859. The van der Waals surface area contributed by atoms with Crippen LogP contribution in [0, 0.1) is 0 Å². The number of rotatable bonds is 3. The van der Waals surface area contributed by atoms with Crippen LogP contribution in [0.15, 0.2) is 53.4 Å². The fourth-order valence-corrected chi connectivity index (χ4v) is 3.85. The highest BCUT2D eigenvalue weighted by molar-refractivity contribution is 7.92. The highest BCUT2D eigenvalue weighted by Crippen LogP contribution is 2.38. The molecule has 1 aliphatic heterocycles. The van der Waals surface area contributed by atoms with E-state index in [1.807, 2.05) is 13.8 Å². The van der Waals surface area contributed by atoms with Crippen molar-refractivity contribution in [2.45, 2.75) is 30.6 Å². The molecule has 0 spiro atoms. The van der Waals surface area contributed by atoms with Gasteiger partial charge in [0, 0.05) is 23.2 Å². The SMILES string of the molecule is CC1(C)CC(=O)Nc2ccc(NS(=O)(=O)c3ccccc3)cc21. The summed E-state index contributed by atoms with van der Waals surface area (Å²) in [6.45, 7) is 3.94. The van der Waals surface area contributed by atoms with E-state index in [2.05, 4.69) is 10.0 Å². The van der Waals surface area contributed by atoms with Crippen molar-refractivity contribution in [3.8, 4) is 0 Å². The first kappa shape index (κ1) is 15.6. The minimum atomic E-state index is -3.63. The van der Waals surface area contributed by atoms with E-state index in [9.17, 15) is 13.2 Å². The van der Waals surface area contributed by atoms with Crippen molar-refractivity contribution in [1.82, 2.24) is 0 Å². The maximum absolute atomic E-state index is 12.4. The smallest absolute Gasteiger partial charge is 0.261 e. The molecule has 3 rings (SSSR count). The molecule has 1 aliphatic rings. The van der Waals surface area contributed by atoms with Gasteiger partial charge in [0.2, 0.25) is 5.91 Å². The van der Waals surface area contributed by atoms with Crippen molar-refractivity contribution in [2.75, 3.05) is 10.0 Å². The van der Waals surface area contributed by atoms with E-state index in [1.54, 1.807) is 48.5 Å². The molecule has 1 heterocycles. The van der Waals surface area contributed by atoms with Crippen molar-refractivity contribution in [3.05, 3.63) is 54.1 Å². The summed E-state index contributed by atoms with van der Waals surface area (Å²) in [5.74, 6) is -0.0277. The first-order valence-electron chi connectivity index (χ1n) is 7.30. The van der Waals surface area contributed by atoms with Gasteiger partial charge in [-0.3, -0.25) is 9.52 Å². The molecular weight excluding hydrogens is 312 g/mol. The second-order valence-corrected chi connectivity index (χ2v) is 7.97. The normalized spacial score (nSPS) is 16.3. The van der Waals surface area contributed by atoms with Crippen LogP contribution in [0.1, 0.15) is 25.8 Å². The van der Waals surface area contributed by atoms with E-state index in [4.69, 9.17) is 0 Å². The van der Waals surface area contributed by atoms with Crippen LogP contribution in [0.4, 0.5) is 11.4 Å². The largest absolute Gasteiger partial charge is 0.326 e. The highest BCUT2D eigenvalue weighted by Gasteiger charge is 2.32. The fourth-order valence-electron chi connectivity index (χ4n) is 2.78. The van der Waals surface area contributed by atoms with Crippen LogP contribution in [0.5, 0.6) is 0 Å². The van der Waals surface area contributed by atoms with E-state index < -0.39 is 10.0 Å². The fraction of sp³-hybridized carbons (Fsp3) is 0.235. The van der Waals surface area contributed by atoms with Crippen LogP contribution in [-0.2, 0) is 20.2 Å². The molecule has 6 heteroatoms. The first-order chi connectivity index (χ1) is 10.8. The summed E-state index contributed by atoms with van der Waals surface area (Å²) < 4.78 is 27.4. The molecule has 0 aromatic heterocycles. The predicted octanol–water partition coefficient (Wildman–Crippen LogP) is 3.11. The molecule has 23 heavy (non-hydrogen) atoms. The van der Waals surface area contributed by atoms with Gasteiger partial charge in [-0.15, -0.1) is 0 Å². The summed E-state index contributed by atoms with van der Waals surface area (Å²) in [7, 11) is -3.63. The number of anilines is 2. The van der Waals surface area contributed by atoms with E-state index in [0.29, 0.717) is 12.1 Å². The number of hydrogen-bond donors (Lipinski definition) is 2. The van der Waals surface area contributed by atoms with E-state index in [0.717, 1.165) is 11.3 Å². The second-order valence-electron chi connectivity index (χ2n) is 6.29. The van der Waals surface area contributed by atoms with Crippen molar-refractivity contribution in [1.29, 1.82) is 0 Å². The molecule has 2 N–H and O–H groups in total. The quantitative estimate of drug-likeness (QED) is 0.908. The van der Waals surface area contributed by atoms with Crippen LogP contribution >= 0.6 is 0 Å². The topological polar surface area (TPSA) is 75.3 Å². The van der Waals surface area contributed by atoms with Crippen molar-refractivity contribution < 1.29 is 13.2 Å². The number of carbonyl (C=O) groups excluding carboxylic acids is 1. The first-order valence-corrected chi connectivity index (χ1v) is 8.78. The highest BCUT2D eigenvalue weighted by atomic mass is 32.2. The average Bonchev–Trinajstić information content (AvgIpc) is 2.48. The standard InChI is InChI=1S/C17H18N2O3S/c1-17(2)11-16(20)18-15-9-8-12(10-14(15)17)19-23(21,22)13-6-4-3-5-7-13/h3-10,19H,11H2,1-2H3,(H,18,20). The third-order valence-corrected chi connectivity index (χ3v) is 5.33. The Hall–Kier alpha value is -2.34. The molecule has 2 aromatic rings. The summed E-state index contributed by atoms with van der Waals surface area (Å²) in [5.41, 5.74) is 1.79. The molecule has 0 saturated heterocycles. The number of amides is 1. The zero-order valence-corrected chi connectivity index (χ0v) is 13.8. The van der Waals surface area contributed by atoms with E-state index in [1.165, 1.54) is 0 Å². The molecule has 0 atom stereocenters. The number of nitrogens with one attached hydrogen (secondary N) is 2. The zero-order valence-electron chi connectivity index (χ0n) is 13.0. The monoisotopic (exact) mass is 330 g/mol. The molecule has 0 bridgehead atoms. The van der Waals surface area contributed by atoms with Gasteiger partial charge in [0.15, 0.2) is 0 Å². The van der Waals surface area contributed by atoms with E-state index in [-0.39, 0.29) is 16.2 Å². The Morgan fingerprint density at radius 2 is 1.78 bits per heavy atom. The Labute approximate surface area is 135 Å². The van der Waals surface area contributed by atoms with Gasteiger partial charge in [0.05, 0.1) is 4.90 Å². The summed E-state index contributed by atoms with van der Waals surface area (Å²) in [6, 6.07) is 13.4. The zero-order chi connectivity index (χ0) is 16.7. The predicted molar refractivity (Wildman–Crippen MR) is 90.0 cm³/mol. The average molecular weight is 330 g/mol. The van der Waals surface area contributed by atoms with Gasteiger partial charge in [-0.1, -0.05) is 32.0 Å². The number of fused-ring (bicyclic) bond motifs is 1. The molecule has 0 unspecified atom stereocenters.